The first kappa shape index (κ1) is 11.4. The summed E-state index contributed by atoms with van der Waals surface area (Å²) in [4.78, 5) is 4.18. The lowest BCUT2D eigenvalue weighted by atomic mass is 10.3. The van der Waals surface area contributed by atoms with Gasteiger partial charge in [0.25, 0.3) is 5.89 Å². The zero-order valence-electron chi connectivity index (χ0n) is 9.00. The SMILES string of the molecule is CNCCCc1cnc(-c2ccc(Br)o2)o1. The molecule has 0 radical (unpaired) electrons. The van der Waals surface area contributed by atoms with E-state index in [9.17, 15) is 0 Å². The molecule has 0 fully saturated rings. The van der Waals surface area contributed by atoms with E-state index in [1.807, 2.05) is 19.2 Å². The van der Waals surface area contributed by atoms with Gasteiger partial charge in [0.1, 0.15) is 5.76 Å². The van der Waals surface area contributed by atoms with Gasteiger partial charge < -0.3 is 14.2 Å². The van der Waals surface area contributed by atoms with E-state index in [1.165, 1.54) is 0 Å². The summed E-state index contributed by atoms with van der Waals surface area (Å²) in [6.45, 7) is 0.975. The number of hydrogen-bond acceptors (Lipinski definition) is 4. The normalized spacial score (nSPS) is 10.9. The summed E-state index contributed by atoms with van der Waals surface area (Å²) in [5, 5.41) is 3.09. The van der Waals surface area contributed by atoms with Crippen molar-refractivity contribution in [3.63, 3.8) is 0 Å². The van der Waals surface area contributed by atoms with Gasteiger partial charge in [0, 0.05) is 6.42 Å². The maximum Gasteiger partial charge on any atom is 0.263 e. The number of nitrogens with zero attached hydrogens (tertiary/aromatic N) is 1. The van der Waals surface area contributed by atoms with Crippen LogP contribution in [0.3, 0.4) is 0 Å². The fourth-order valence-corrected chi connectivity index (χ4v) is 1.71. The minimum Gasteiger partial charge on any atom is -0.444 e. The van der Waals surface area contributed by atoms with Gasteiger partial charge in [0.05, 0.1) is 6.20 Å². The van der Waals surface area contributed by atoms with E-state index in [2.05, 4.69) is 26.2 Å². The summed E-state index contributed by atoms with van der Waals surface area (Å²) in [7, 11) is 1.94. The van der Waals surface area contributed by atoms with Gasteiger partial charge in [-0.05, 0) is 48.1 Å². The van der Waals surface area contributed by atoms with Crippen molar-refractivity contribution in [2.75, 3.05) is 13.6 Å². The second-order valence-electron chi connectivity index (χ2n) is 3.44. The zero-order valence-corrected chi connectivity index (χ0v) is 10.6. The second kappa shape index (κ2) is 5.32. The number of halogens is 1. The van der Waals surface area contributed by atoms with E-state index in [0.29, 0.717) is 16.3 Å². The van der Waals surface area contributed by atoms with Crippen LogP contribution in [0.5, 0.6) is 0 Å². The van der Waals surface area contributed by atoms with Gasteiger partial charge in [0.2, 0.25) is 0 Å². The molecule has 1 N–H and O–H groups in total. The Morgan fingerprint density at radius 2 is 2.25 bits per heavy atom. The highest BCUT2D eigenvalue weighted by Gasteiger charge is 2.10. The Hall–Kier alpha value is -1.07. The monoisotopic (exact) mass is 284 g/mol. The van der Waals surface area contributed by atoms with Crippen molar-refractivity contribution >= 4 is 15.9 Å². The van der Waals surface area contributed by atoms with Gasteiger partial charge in [-0.3, -0.25) is 0 Å². The molecule has 0 saturated heterocycles. The Kier molecular flexibility index (Phi) is 3.79. The molecule has 2 heterocycles. The maximum absolute atomic E-state index is 5.58. The van der Waals surface area contributed by atoms with Gasteiger partial charge in [-0.2, -0.15) is 0 Å². The predicted molar refractivity (Wildman–Crippen MR) is 64.2 cm³/mol. The molecule has 0 aromatic carbocycles. The topological polar surface area (TPSA) is 51.2 Å². The molecule has 5 heteroatoms. The maximum atomic E-state index is 5.58. The molecule has 2 aromatic heterocycles. The molecule has 2 aromatic rings. The minimum atomic E-state index is 0.533. The van der Waals surface area contributed by atoms with Gasteiger partial charge in [0.15, 0.2) is 10.4 Å². The molecule has 0 unspecified atom stereocenters. The third-order valence-corrected chi connectivity index (χ3v) is 2.61. The Labute approximate surface area is 102 Å². The van der Waals surface area contributed by atoms with Crippen LogP contribution in [0.4, 0.5) is 0 Å². The quantitative estimate of drug-likeness (QED) is 0.858. The molecule has 0 amide bonds. The van der Waals surface area contributed by atoms with Crippen LogP contribution < -0.4 is 5.32 Å². The molecule has 0 bridgehead atoms. The fraction of sp³-hybridized carbons (Fsp3) is 0.364. The predicted octanol–water partition coefficient (Wildman–Crippen LogP) is 2.85. The Bertz CT molecular complexity index is 450. The largest absolute Gasteiger partial charge is 0.444 e. The number of aromatic nitrogens is 1. The summed E-state index contributed by atoms with van der Waals surface area (Å²) >= 11 is 3.24. The van der Waals surface area contributed by atoms with Crippen molar-refractivity contribution in [1.29, 1.82) is 0 Å². The third kappa shape index (κ3) is 2.74. The standard InChI is InChI=1S/C11H13BrN2O2/c1-13-6-2-3-8-7-14-11(15-8)9-4-5-10(12)16-9/h4-5,7,13H,2-3,6H2,1H3. The van der Waals surface area contributed by atoms with Crippen LogP contribution in [0.15, 0.2) is 31.8 Å². The van der Waals surface area contributed by atoms with Crippen LogP contribution in [-0.4, -0.2) is 18.6 Å². The molecule has 2 rings (SSSR count). The van der Waals surface area contributed by atoms with Crippen molar-refractivity contribution < 1.29 is 8.83 Å². The molecule has 4 nitrogen and oxygen atoms in total. The Morgan fingerprint density at radius 3 is 2.94 bits per heavy atom. The highest BCUT2D eigenvalue weighted by Crippen LogP contribution is 2.24. The second-order valence-corrected chi connectivity index (χ2v) is 4.22. The summed E-state index contributed by atoms with van der Waals surface area (Å²) in [6, 6.07) is 3.65. The van der Waals surface area contributed by atoms with Crippen molar-refractivity contribution in [3.8, 4) is 11.7 Å². The summed E-state index contributed by atoms with van der Waals surface area (Å²) in [5.41, 5.74) is 0. The van der Waals surface area contributed by atoms with E-state index in [1.54, 1.807) is 6.20 Å². The number of oxazole rings is 1. The average molecular weight is 285 g/mol. The molecule has 86 valence electrons. The molecule has 0 aliphatic carbocycles. The highest BCUT2D eigenvalue weighted by atomic mass is 79.9. The van der Waals surface area contributed by atoms with Crippen molar-refractivity contribution in [2.24, 2.45) is 0 Å². The molecule has 0 aliphatic rings. The number of nitrogens with one attached hydrogen (secondary N) is 1. The third-order valence-electron chi connectivity index (χ3n) is 2.19. The highest BCUT2D eigenvalue weighted by molar-refractivity contribution is 9.10. The molecule has 0 saturated carbocycles. The van der Waals surface area contributed by atoms with E-state index < -0.39 is 0 Å². The first-order chi connectivity index (χ1) is 7.79. The Balaban J connectivity index is 2.02. The van der Waals surface area contributed by atoms with Gasteiger partial charge in [-0.25, -0.2) is 4.98 Å². The van der Waals surface area contributed by atoms with E-state index in [0.717, 1.165) is 25.1 Å². The molecule has 0 spiro atoms. The van der Waals surface area contributed by atoms with Crippen LogP contribution >= 0.6 is 15.9 Å². The van der Waals surface area contributed by atoms with Crippen molar-refractivity contribution in [1.82, 2.24) is 10.3 Å². The van der Waals surface area contributed by atoms with Crippen LogP contribution in [0.2, 0.25) is 0 Å². The van der Waals surface area contributed by atoms with E-state index >= 15 is 0 Å². The van der Waals surface area contributed by atoms with Crippen LogP contribution in [0, 0.1) is 0 Å². The van der Waals surface area contributed by atoms with Crippen molar-refractivity contribution in [3.05, 3.63) is 28.8 Å². The summed E-state index contributed by atoms with van der Waals surface area (Å²) in [6.07, 6.45) is 3.67. The van der Waals surface area contributed by atoms with Crippen LogP contribution in [-0.2, 0) is 6.42 Å². The summed E-state index contributed by atoms with van der Waals surface area (Å²) < 4.78 is 11.6. The average Bonchev–Trinajstić information content (AvgIpc) is 2.87. The van der Waals surface area contributed by atoms with Crippen LogP contribution in [0.1, 0.15) is 12.2 Å². The number of hydrogen-bond donors (Lipinski definition) is 1. The molecular formula is C11H13BrN2O2. The van der Waals surface area contributed by atoms with E-state index in [-0.39, 0.29) is 0 Å². The first-order valence-electron chi connectivity index (χ1n) is 5.14. The number of rotatable bonds is 5. The molecular weight excluding hydrogens is 272 g/mol. The van der Waals surface area contributed by atoms with Crippen molar-refractivity contribution in [2.45, 2.75) is 12.8 Å². The minimum absolute atomic E-state index is 0.533. The van der Waals surface area contributed by atoms with Gasteiger partial charge in [-0.1, -0.05) is 0 Å². The first-order valence-corrected chi connectivity index (χ1v) is 5.94. The Morgan fingerprint density at radius 1 is 1.38 bits per heavy atom. The zero-order chi connectivity index (χ0) is 11.4. The number of furan rings is 1. The number of aryl methyl sites for hydroxylation is 1. The van der Waals surface area contributed by atoms with E-state index in [4.69, 9.17) is 8.83 Å². The molecule has 16 heavy (non-hydrogen) atoms. The molecule has 0 atom stereocenters. The lowest BCUT2D eigenvalue weighted by molar-refractivity contribution is 0.474. The molecule has 0 aliphatic heterocycles. The lowest BCUT2D eigenvalue weighted by Crippen LogP contribution is -2.08. The fourth-order valence-electron chi connectivity index (χ4n) is 1.41. The van der Waals surface area contributed by atoms with Gasteiger partial charge >= 0.3 is 0 Å². The van der Waals surface area contributed by atoms with Gasteiger partial charge in [-0.15, -0.1) is 0 Å². The van der Waals surface area contributed by atoms with Crippen LogP contribution in [0.25, 0.3) is 11.7 Å². The lowest BCUT2D eigenvalue weighted by Gasteiger charge is -1.95. The summed E-state index contributed by atoms with van der Waals surface area (Å²) in [5.74, 6) is 2.06. The smallest absolute Gasteiger partial charge is 0.263 e.